The summed E-state index contributed by atoms with van der Waals surface area (Å²) in [7, 11) is 0. The van der Waals surface area contributed by atoms with Gasteiger partial charge in [-0.3, -0.25) is 0 Å². The molecule has 4 nitrogen and oxygen atoms in total. The molecule has 22 heavy (non-hydrogen) atoms. The van der Waals surface area contributed by atoms with Crippen molar-refractivity contribution in [1.29, 1.82) is 0 Å². The highest BCUT2D eigenvalue weighted by atomic mass is 35.5. The summed E-state index contributed by atoms with van der Waals surface area (Å²) in [5.41, 5.74) is -0.414. The van der Waals surface area contributed by atoms with Crippen LogP contribution in [0.4, 0.5) is 13.2 Å². The Morgan fingerprint density at radius 1 is 1.32 bits per heavy atom. The van der Waals surface area contributed by atoms with Crippen LogP contribution in [0, 0.1) is 0 Å². The van der Waals surface area contributed by atoms with Crippen molar-refractivity contribution >= 4 is 12.4 Å². The molecule has 0 amide bonds. The molecule has 1 aromatic heterocycles. The fraction of sp³-hybridized carbons (Fsp3) is 0.429. The zero-order valence-electron chi connectivity index (χ0n) is 11.6. The Bertz CT molecular complexity index is 624. The molecule has 3 rings (SSSR count). The van der Waals surface area contributed by atoms with Gasteiger partial charge in [-0.1, -0.05) is 17.3 Å². The summed E-state index contributed by atoms with van der Waals surface area (Å²) in [5, 5.41) is 7.08. The minimum atomic E-state index is -4.38. The zero-order valence-corrected chi connectivity index (χ0v) is 12.4. The van der Waals surface area contributed by atoms with Gasteiger partial charge in [0.15, 0.2) is 0 Å². The predicted molar refractivity (Wildman–Crippen MR) is 76.7 cm³/mol. The van der Waals surface area contributed by atoms with Gasteiger partial charge in [-0.2, -0.15) is 18.2 Å². The van der Waals surface area contributed by atoms with Gasteiger partial charge < -0.3 is 9.84 Å². The van der Waals surface area contributed by atoms with Crippen LogP contribution in [0.3, 0.4) is 0 Å². The molecule has 0 spiro atoms. The Morgan fingerprint density at radius 3 is 2.82 bits per heavy atom. The smallest absolute Gasteiger partial charge is 0.339 e. The maximum absolute atomic E-state index is 12.7. The van der Waals surface area contributed by atoms with Crippen molar-refractivity contribution in [3.63, 3.8) is 0 Å². The molecule has 1 aliphatic heterocycles. The van der Waals surface area contributed by atoms with Gasteiger partial charge in [0.2, 0.25) is 11.7 Å². The molecule has 1 atom stereocenters. The number of halogens is 4. The van der Waals surface area contributed by atoms with E-state index < -0.39 is 11.7 Å². The standard InChI is InChI=1S/C14H14F3N3O.ClH/c15-14(16,17)10-4-1-3-9(7-10)13-19-12(21-20-13)8-11-5-2-6-18-11;/h1,3-4,7,11,18H,2,5-6,8H2;1H. The molecule has 2 heterocycles. The first-order chi connectivity index (χ1) is 10.0. The van der Waals surface area contributed by atoms with Gasteiger partial charge >= 0.3 is 6.18 Å². The van der Waals surface area contributed by atoms with E-state index in [1.54, 1.807) is 0 Å². The van der Waals surface area contributed by atoms with Gasteiger partial charge in [0.1, 0.15) is 0 Å². The largest absolute Gasteiger partial charge is 0.416 e. The molecule has 1 N–H and O–H groups in total. The Kier molecular flexibility index (Phi) is 5.08. The second-order valence-corrected chi connectivity index (χ2v) is 5.09. The first-order valence-electron chi connectivity index (χ1n) is 6.76. The summed E-state index contributed by atoms with van der Waals surface area (Å²) < 4.78 is 43.2. The lowest BCUT2D eigenvalue weighted by atomic mass is 10.1. The first kappa shape index (κ1) is 16.8. The third-order valence-electron chi connectivity index (χ3n) is 3.50. The maximum Gasteiger partial charge on any atom is 0.416 e. The van der Waals surface area contributed by atoms with E-state index in [1.165, 1.54) is 12.1 Å². The third kappa shape index (κ3) is 3.78. The highest BCUT2D eigenvalue weighted by molar-refractivity contribution is 5.85. The van der Waals surface area contributed by atoms with Crippen molar-refractivity contribution in [2.75, 3.05) is 6.54 Å². The van der Waals surface area contributed by atoms with Crippen LogP contribution in [-0.4, -0.2) is 22.7 Å². The minimum Gasteiger partial charge on any atom is -0.339 e. The monoisotopic (exact) mass is 333 g/mol. The van der Waals surface area contributed by atoms with Crippen LogP contribution in [0.5, 0.6) is 0 Å². The molecule has 1 unspecified atom stereocenters. The molecule has 1 aromatic carbocycles. The van der Waals surface area contributed by atoms with Crippen molar-refractivity contribution in [2.45, 2.75) is 31.5 Å². The molecule has 0 saturated carbocycles. The first-order valence-corrected chi connectivity index (χ1v) is 6.76. The van der Waals surface area contributed by atoms with E-state index in [9.17, 15) is 13.2 Å². The molecule has 120 valence electrons. The molecular weight excluding hydrogens is 319 g/mol. The van der Waals surface area contributed by atoms with Crippen LogP contribution in [-0.2, 0) is 12.6 Å². The van der Waals surface area contributed by atoms with Crippen molar-refractivity contribution in [3.8, 4) is 11.4 Å². The fourth-order valence-electron chi connectivity index (χ4n) is 2.43. The van der Waals surface area contributed by atoms with Crippen LogP contribution < -0.4 is 5.32 Å². The normalized spacial score (nSPS) is 18.2. The Morgan fingerprint density at radius 2 is 2.14 bits per heavy atom. The average molecular weight is 334 g/mol. The van der Waals surface area contributed by atoms with Crippen LogP contribution >= 0.6 is 12.4 Å². The van der Waals surface area contributed by atoms with Crippen molar-refractivity contribution in [3.05, 3.63) is 35.7 Å². The molecule has 0 radical (unpaired) electrons. The number of rotatable bonds is 3. The zero-order chi connectivity index (χ0) is 14.9. The van der Waals surface area contributed by atoms with Gasteiger partial charge in [-0.25, -0.2) is 0 Å². The average Bonchev–Trinajstić information content (AvgIpc) is 3.10. The second-order valence-electron chi connectivity index (χ2n) is 5.09. The van der Waals surface area contributed by atoms with E-state index in [4.69, 9.17) is 4.52 Å². The molecule has 1 saturated heterocycles. The van der Waals surface area contributed by atoms with Crippen LogP contribution in [0.1, 0.15) is 24.3 Å². The summed E-state index contributed by atoms with van der Waals surface area (Å²) in [6, 6.07) is 5.24. The van der Waals surface area contributed by atoms with Gasteiger partial charge in [0.25, 0.3) is 0 Å². The van der Waals surface area contributed by atoms with E-state index in [0.717, 1.165) is 31.5 Å². The molecule has 1 fully saturated rings. The van der Waals surface area contributed by atoms with Crippen LogP contribution in [0.15, 0.2) is 28.8 Å². The number of benzene rings is 1. The molecular formula is C14H15ClF3N3O. The number of nitrogens with one attached hydrogen (secondary N) is 1. The number of aromatic nitrogens is 2. The van der Waals surface area contributed by atoms with E-state index >= 15 is 0 Å². The van der Waals surface area contributed by atoms with Crippen molar-refractivity contribution in [2.24, 2.45) is 0 Å². The van der Waals surface area contributed by atoms with Crippen molar-refractivity contribution < 1.29 is 17.7 Å². The van der Waals surface area contributed by atoms with E-state index in [-0.39, 0.29) is 18.2 Å². The third-order valence-corrected chi connectivity index (χ3v) is 3.50. The van der Waals surface area contributed by atoms with Gasteiger partial charge in [0.05, 0.1) is 5.56 Å². The van der Waals surface area contributed by atoms with Crippen LogP contribution in [0.25, 0.3) is 11.4 Å². The van der Waals surface area contributed by atoms with Gasteiger partial charge in [-0.15, -0.1) is 12.4 Å². The molecule has 0 aliphatic carbocycles. The minimum absolute atomic E-state index is 0. The number of alkyl halides is 3. The van der Waals surface area contributed by atoms with Crippen LogP contribution in [0.2, 0.25) is 0 Å². The number of hydrogen-bond acceptors (Lipinski definition) is 4. The molecule has 8 heteroatoms. The Balaban J connectivity index is 0.00000176. The molecule has 0 bridgehead atoms. The highest BCUT2D eigenvalue weighted by Crippen LogP contribution is 2.31. The fourth-order valence-corrected chi connectivity index (χ4v) is 2.43. The van der Waals surface area contributed by atoms with Gasteiger partial charge in [0, 0.05) is 18.0 Å². The number of hydrogen-bond donors (Lipinski definition) is 1. The SMILES string of the molecule is Cl.FC(F)(F)c1cccc(-c2noc(CC3CCCN3)n2)c1. The lowest BCUT2D eigenvalue weighted by Crippen LogP contribution is -2.23. The summed E-state index contributed by atoms with van der Waals surface area (Å²) in [4.78, 5) is 4.18. The topological polar surface area (TPSA) is 51.0 Å². The summed E-state index contributed by atoms with van der Waals surface area (Å²) in [5.74, 6) is 0.635. The molecule has 2 aromatic rings. The maximum atomic E-state index is 12.7. The predicted octanol–water partition coefficient (Wildman–Crippen LogP) is 3.47. The van der Waals surface area contributed by atoms with Gasteiger partial charge in [-0.05, 0) is 31.5 Å². The van der Waals surface area contributed by atoms with E-state index in [2.05, 4.69) is 15.5 Å². The Labute approximate surface area is 131 Å². The quantitative estimate of drug-likeness (QED) is 0.934. The Hall–Kier alpha value is -1.60. The second kappa shape index (κ2) is 6.66. The molecule has 1 aliphatic rings. The summed E-state index contributed by atoms with van der Waals surface area (Å²) in [6.07, 6.45) is -1.62. The van der Waals surface area contributed by atoms with E-state index in [1.807, 2.05) is 0 Å². The van der Waals surface area contributed by atoms with Crippen molar-refractivity contribution in [1.82, 2.24) is 15.5 Å². The van der Waals surface area contributed by atoms with E-state index in [0.29, 0.717) is 23.9 Å². The lowest BCUT2D eigenvalue weighted by Gasteiger charge is -2.06. The summed E-state index contributed by atoms with van der Waals surface area (Å²) >= 11 is 0. The highest BCUT2D eigenvalue weighted by Gasteiger charge is 2.30. The number of nitrogens with zero attached hydrogens (tertiary/aromatic N) is 2. The summed E-state index contributed by atoms with van der Waals surface area (Å²) in [6.45, 7) is 0.972. The lowest BCUT2D eigenvalue weighted by molar-refractivity contribution is -0.137.